The highest BCUT2D eigenvalue weighted by Crippen LogP contribution is 2.22. The number of likely N-dealkylation sites (N-methyl/N-ethyl adjacent to an activating group) is 1. The molecule has 2 aromatic carbocycles. The van der Waals surface area contributed by atoms with Crippen molar-refractivity contribution in [3.8, 4) is 0 Å². The van der Waals surface area contributed by atoms with Gasteiger partial charge in [0.15, 0.2) is 0 Å². The minimum Gasteiger partial charge on any atom is -0.378 e. The Bertz CT molecular complexity index is 950. The number of anilines is 4. The molecule has 2 amide bonds. The fourth-order valence-electron chi connectivity index (χ4n) is 4.61. The van der Waals surface area contributed by atoms with Crippen LogP contribution in [0.5, 0.6) is 0 Å². The predicted octanol–water partition coefficient (Wildman–Crippen LogP) is 3.41. The molecular formula is C27H37N5O3. The number of benzene rings is 2. The number of nitrogens with one attached hydrogen (secondary N) is 2. The zero-order chi connectivity index (χ0) is 24.5. The molecule has 188 valence electrons. The molecule has 0 unspecified atom stereocenters. The van der Waals surface area contributed by atoms with E-state index in [0.717, 1.165) is 56.5 Å². The van der Waals surface area contributed by atoms with Gasteiger partial charge in [-0.05, 0) is 68.4 Å². The molecule has 2 fully saturated rings. The largest absolute Gasteiger partial charge is 0.378 e. The van der Waals surface area contributed by atoms with Crippen molar-refractivity contribution in [2.24, 2.45) is 0 Å². The molecule has 2 aliphatic rings. The van der Waals surface area contributed by atoms with E-state index in [1.54, 1.807) is 11.9 Å². The van der Waals surface area contributed by atoms with Gasteiger partial charge >= 0.3 is 0 Å². The number of nitrogens with zero attached hydrogens (tertiary/aromatic N) is 3. The SMILES string of the molecule is CN(CC(=O)Nc1ccc(N2CCCCCC2)cc1)CC(=O)Nc1ccc(N2CCOCC2)cc1. The summed E-state index contributed by atoms with van der Waals surface area (Å²) in [5, 5.41) is 5.84. The highest BCUT2D eigenvalue weighted by Gasteiger charge is 2.14. The Kier molecular flexibility index (Phi) is 8.97. The van der Waals surface area contributed by atoms with Gasteiger partial charge in [-0.1, -0.05) is 12.8 Å². The van der Waals surface area contributed by atoms with Gasteiger partial charge in [0.05, 0.1) is 26.3 Å². The summed E-state index contributed by atoms with van der Waals surface area (Å²) < 4.78 is 5.39. The number of hydrogen-bond donors (Lipinski definition) is 2. The first-order valence-electron chi connectivity index (χ1n) is 12.6. The summed E-state index contributed by atoms with van der Waals surface area (Å²) in [4.78, 5) is 31.3. The van der Waals surface area contributed by atoms with Gasteiger partial charge in [0.25, 0.3) is 0 Å². The van der Waals surface area contributed by atoms with Crippen LogP contribution in [0.3, 0.4) is 0 Å². The minimum atomic E-state index is -0.152. The van der Waals surface area contributed by atoms with E-state index in [1.807, 2.05) is 36.4 Å². The van der Waals surface area contributed by atoms with E-state index in [1.165, 1.54) is 31.4 Å². The number of rotatable bonds is 8. The first kappa shape index (κ1) is 25.0. The summed E-state index contributed by atoms with van der Waals surface area (Å²) in [7, 11) is 1.77. The Morgan fingerprint density at radius 3 is 1.60 bits per heavy atom. The minimum absolute atomic E-state index is 0.131. The number of morpholine rings is 1. The molecule has 0 bridgehead atoms. The van der Waals surface area contributed by atoms with Gasteiger partial charge in [-0.25, -0.2) is 0 Å². The topological polar surface area (TPSA) is 77.2 Å². The number of hydrogen-bond acceptors (Lipinski definition) is 6. The van der Waals surface area contributed by atoms with Crippen molar-refractivity contribution >= 4 is 34.6 Å². The van der Waals surface area contributed by atoms with Crippen LogP contribution < -0.4 is 20.4 Å². The molecule has 35 heavy (non-hydrogen) atoms. The summed E-state index contributed by atoms with van der Waals surface area (Å²) in [6.07, 6.45) is 5.07. The molecule has 0 saturated carbocycles. The Morgan fingerprint density at radius 2 is 1.14 bits per heavy atom. The molecule has 2 saturated heterocycles. The second-order valence-electron chi connectivity index (χ2n) is 9.36. The van der Waals surface area contributed by atoms with Crippen LogP contribution in [-0.2, 0) is 14.3 Å². The summed E-state index contributed by atoms with van der Waals surface area (Å²) in [6.45, 7) is 5.68. The lowest BCUT2D eigenvalue weighted by Crippen LogP contribution is -2.36. The molecule has 2 aliphatic heterocycles. The van der Waals surface area contributed by atoms with Gasteiger partial charge < -0.3 is 25.2 Å². The van der Waals surface area contributed by atoms with Gasteiger partial charge in [0.2, 0.25) is 11.8 Å². The van der Waals surface area contributed by atoms with E-state index >= 15 is 0 Å². The van der Waals surface area contributed by atoms with Crippen LogP contribution in [-0.4, -0.2) is 76.2 Å². The molecule has 0 aromatic heterocycles. The molecule has 8 heteroatoms. The number of ether oxygens (including phenoxy) is 1. The first-order chi connectivity index (χ1) is 17.1. The van der Waals surface area contributed by atoms with Crippen molar-refractivity contribution in [3.63, 3.8) is 0 Å². The second-order valence-corrected chi connectivity index (χ2v) is 9.36. The van der Waals surface area contributed by atoms with Crippen molar-refractivity contribution in [1.82, 2.24) is 4.90 Å². The van der Waals surface area contributed by atoms with Crippen LogP contribution in [0, 0.1) is 0 Å². The van der Waals surface area contributed by atoms with E-state index in [4.69, 9.17) is 4.74 Å². The van der Waals surface area contributed by atoms with Crippen LogP contribution in [0.25, 0.3) is 0 Å². The normalized spacial score (nSPS) is 16.6. The molecular weight excluding hydrogens is 442 g/mol. The average molecular weight is 480 g/mol. The van der Waals surface area contributed by atoms with Crippen LogP contribution in [0.1, 0.15) is 25.7 Å². The van der Waals surface area contributed by atoms with E-state index in [-0.39, 0.29) is 24.9 Å². The summed E-state index contributed by atoms with van der Waals surface area (Å²) >= 11 is 0. The van der Waals surface area contributed by atoms with E-state index < -0.39 is 0 Å². The number of amides is 2. The molecule has 4 rings (SSSR count). The van der Waals surface area contributed by atoms with Gasteiger partial charge in [-0.2, -0.15) is 0 Å². The molecule has 2 N–H and O–H groups in total. The average Bonchev–Trinajstić information content (AvgIpc) is 3.15. The van der Waals surface area contributed by atoms with Crippen molar-refractivity contribution < 1.29 is 14.3 Å². The third-order valence-electron chi connectivity index (χ3n) is 6.48. The highest BCUT2D eigenvalue weighted by atomic mass is 16.5. The fraction of sp³-hybridized carbons (Fsp3) is 0.481. The molecule has 2 aromatic rings. The molecule has 0 atom stereocenters. The van der Waals surface area contributed by atoms with E-state index in [0.29, 0.717) is 0 Å². The molecule has 0 radical (unpaired) electrons. The van der Waals surface area contributed by atoms with E-state index in [9.17, 15) is 9.59 Å². The first-order valence-corrected chi connectivity index (χ1v) is 12.6. The van der Waals surface area contributed by atoms with Gasteiger partial charge in [-0.15, -0.1) is 0 Å². The van der Waals surface area contributed by atoms with Crippen LogP contribution in [0.15, 0.2) is 48.5 Å². The molecule has 8 nitrogen and oxygen atoms in total. The zero-order valence-corrected chi connectivity index (χ0v) is 20.7. The third-order valence-corrected chi connectivity index (χ3v) is 6.48. The maximum atomic E-state index is 12.5. The predicted molar refractivity (Wildman–Crippen MR) is 141 cm³/mol. The summed E-state index contributed by atoms with van der Waals surface area (Å²) in [5.74, 6) is -0.293. The molecule has 0 spiro atoms. The number of carbonyl (C=O) groups excluding carboxylic acids is 2. The Labute approximate surface area is 208 Å². The quantitative estimate of drug-likeness (QED) is 0.604. The van der Waals surface area contributed by atoms with Crippen molar-refractivity contribution in [2.75, 3.05) is 80.0 Å². The maximum Gasteiger partial charge on any atom is 0.238 e. The Balaban J connectivity index is 1.19. The van der Waals surface area contributed by atoms with E-state index in [2.05, 4.69) is 32.6 Å². The summed E-state index contributed by atoms with van der Waals surface area (Å²) in [5.41, 5.74) is 3.84. The van der Waals surface area contributed by atoms with Crippen molar-refractivity contribution in [2.45, 2.75) is 25.7 Å². The maximum absolute atomic E-state index is 12.5. The lowest BCUT2D eigenvalue weighted by atomic mass is 10.2. The number of carbonyl (C=O) groups is 2. The molecule has 2 heterocycles. The van der Waals surface area contributed by atoms with Gasteiger partial charge in [-0.3, -0.25) is 14.5 Å². The third kappa shape index (κ3) is 7.70. The highest BCUT2D eigenvalue weighted by molar-refractivity contribution is 5.94. The van der Waals surface area contributed by atoms with Crippen LogP contribution in [0.2, 0.25) is 0 Å². The monoisotopic (exact) mass is 479 g/mol. The van der Waals surface area contributed by atoms with Crippen LogP contribution >= 0.6 is 0 Å². The van der Waals surface area contributed by atoms with Crippen molar-refractivity contribution in [1.29, 1.82) is 0 Å². The lowest BCUT2D eigenvalue weighted by molar-refractivity contribution is -0.119. The zero-order valence-electron chi connectivity index (χ0n) is 20.7. The molecule has 0 aliphatic carbocycles. The standard InChI is InChI=1S/C27H37N5O3/c1-30(21-27(34)29-23-8-12-25(13-9-23)32-16-18-35-19-17-32)20-26(33)28-22-6-10-24(11-7-22)31-14-4-2-3-5-15-31/h6-13H,2-5,14-21H2,1H3,(H,28,33)(H,29,34). The lowest BCUT2D eigenvalue weighted by Gasteiger charge is -2.28. The van der Waals surface area contributed by atoms with Crippen molar-refractivity contribution in [3.05, 3.63) is 48.5 Å². The summed E-state index contributed by atoms with van der Waals surface area (Å²) in [6, 6.07) is 15.9. The Morgan fingerprint density at radius 1 is 0.714 bits per heavy atom. The van der Waals surface area contributed by atoms with Gasteiger partial charge in [0.1, 0.15) is 0 Å². The van der Waals surface area contributed by atoms with Crippen LogP contribution in [0.4, 0.5) is 22.7 Å². The second kappa shape index (κ2) is 12.6. The fourth-order valence-corrected chi connectivity index (χ4v) is 4.61. The smallest absolute Gasteiger partial charge is 0.238 e. The Hall–Kier alpha value is -3.10. The van der Waals surface area contributed by atoms with Gasteiger partial charge in [0, 0.05) is 48.9 Å².